The quantitative estimate of drug-likeness (QED) is 0.763. The molecule has 1 heterocycles. The Morgan fingerprint density at radius 2 is 2.29 bits per heavy atom. The normalized spacial score (nSPS) is 12.1. The standard InChI is InChI=1S/C11H17N3O3/c1-8(3-4-10(15)16)5-12-11(17)9-6-13-14(2)7-9/h6-8H,3-5H2,1-2H3,(H,12,17)(H,15,16). The molecule has 1 rings (SSSR count). The maximum absolute atomic E-state index is 11.6. The highest BCUT2D eigenvalue weighted by molar-refractivity contribution is 5.93. The van der Waals surface area contributed by atoms with Crippen LogP contribution in [0.25, 0.3) is 0 Å². The van der Waals surface area contributed by atoms with Crippen molar-refractivity contribution in [2.75, 3.05) is 6.54 Å². The van der Waals surface area contributed by atoms with E-state index in [1.165, 1.54) is 6.20 Å². The second-order valence-electron chi connectivity index (χ2n) is 4.15. The second-order valence-corrected chi connectivity index (χ2v) is 4.15. The minimum absolute atomic E-state index is 0.129. The van der Waals surface area contributed by atoms with Crippen LogP contribution in [0.3, 0.4) is 0 Å². The summed E-state index contributed by atoms with van der Waals surface area (Å²) in [4.78, 5) is 22.0. The Balaban J connectivity index is 2.30. The Hall–Kier alpha value is -1.85. The maximum atomic E-state index is 11.6. The number of carboxylic acid groups (broad SMARTS) is 1. The second kappa shape index (κ2) is 6.03. The summed E-state index contributed by atoms with van der Waals surface area (Å²) < 4.78 is 1.56. The third-order valence-electron chi connectivity index (χ3n) is 2.43. The molecule has 1 aromatic heterocycles. The number of nitrogens with one attached hydrogen (secondary N) is 1. The molecule has 0 aliphatic rings. The fourth-order valence-electron chi connectivity index (χ4n) is 1.38. The summed E-state index contributed by atoms with van der Waals surface area (Å²) in [6.45, 7) is 2.38. The highest BCUT2D eigenvalue weighted by Crippen LogP contribution is 2.04. The lowest BCUT2D eigenvalue weighted by molar-refractivity contribution is -0.137. The van der Waals surface area contributed by atoms with E-state index >= 15 is 0 Å². The molecule has 6 heteroatoms. The van der Waals surface area contributed by atoms with Crippen molar-refractivity contribution in [2.24, 2.45) is 13.0 Å². The van der Waals surface area contributed by atoms with Crippen LogP contribution >= 0.6 is 0 Å². The van der Waals surface area contributed by atoms with Crippen LogP contribution in [-0.4, -0.2) is 33.3 Å². The van der Waals surface area contributed by atoms with E-state index in [0.717, 1.165) is 0 Å². The van der Waals surface area contributed by atoms with Gasteiger partial charge in [-0.15, -0.1) is 0 Å². The molecule has 1 atom stereocenters. The number of carbonyl (C=O) groups excluding carboxylic acids is 1. The first-order valence-corrected chi connectivity index (χ1v) is 5.47. The first kappa shape index (κ1) is 13.2. The fourth-order valence-corrected chi connectivity index (χ4v) is 1.38. The highest BCUT2D eigenvalue weighted by atomic mass is 16.4. The molecular weight excluding hydrogens is 222 g/mol. The van der Waals surface area contributed by atoms with E-state index in [2.05, 4.69) is 10.4 Å². The molecule has 17 heavy (non-hydrogen) atoms. The van der Waals surface area contributed by atoms with Crippen LogP contribution in [0.4, 0.5) is 0 Å². The van der Waals surface area contributed by atoms with Crippen molar-refractivity contribution in [3.63, 3.8) is 0 Å². The largest absolute Gasteiger partial charge is 0.481 e. The summed E-state index contributed by atoms with van der Waals surface area (Å²) in [5.74, 6) is -0.845. The van der Waals surface area contributed by atoms with Crippen molar-refractivity contribution in [1.29, 1.82) is 0 Å². The Morgan fingerprint density at radius 3 is 2.82 bits per heavy atom. The van der Waals surface area contributed by atoms with Gasteiger partial charge in [-0.2, -0.15) is 5.10 Å². The maximum Gasteiger partial charge on any atom is 0.303 e. The lowest BCUT2D eigenvalue weighted by atomic mass is 10.1. The van der Waals surface area contributed by atoms with Gasteiger partial charge in [-0.05, 0) is 12.3 Å². The van der Waals surface area contributed by atoms with Crippen molar-refractivity contribution in [2.45, 2.75) is 19.8 Å². The van der Waals surface area contributed by atoms with Crippen LogP contribution in [0.1, 0.15) is 30.1 Å². The minimum atomic E-state index is -0.810. The lowest BCUT2D eigenvalue weighted by Gasteiger charge is -2.10. The van der Waals surface area contributed by atoms with Gasteiger partial charge in [0.15, 0.2) is 0 Å². The Labute approximate surface area is 99.6 Å². The Morgan fingerprint density at radius 1 is 1.59 bits per heavy atom. The topological polar surface area (TPSA) is 84.2 Å². The van der Waals surface area contributed by atoms with Gasteiger partial charge in [0, 0.05) is 26.2 Å². The van der Waals surface area contributed by atoms with Gasteiger partial charge in [-0.3, -0.25) is 14.3 Å². The number of aliphatic carboxylic acids is 1. The smallest absolute Gasteiger partial charge is 0.303 e. The van der Waals surface area contributed by atoms with E-state index in [-0.39, 0.29) is 18.2 Å². The molecule has 94 valence electrons. The van der Waals surface area contributed by atoms with Gasteiger partial charge in [0.2, 0.25) is 0 Å². The molecular formula is C11H17N3O3. The molecule has 0 fully saturated rings. The number of nitrogens with zero attached hydrogens (tertiary/aromatic N) is 2. The van der Waals surface area contributed by atoms with Crippen LogP contribution in [0, 0.1) is 5.92 Å². The number of rotatable bonds is 6. The van der Waals surface area contributed by atoms with E-state index in [4.69, 9.17) is 5.11 Å². The van der Waals surface area contributed by atoms with E-state index in [1.54, 1.807) is 17.9 Å². The van der Waals surface area contributed by atoms with Gasteiger partial charge in [-0.1, -0.05) is 6.92 Å². The van der Waals surface area contributed by atoms with Gasteiger partial charge < -0.3 is 10.4 Å². The number of hydrogen-bond acceptors (Lipinski definition) is 3. The third-order valence-corrected chi connectivity index (χ3v) is 2.43. The fraction of sp³-hybridized carbons (Fsp3) is 0.545. The summed E-state index contributed by atoms with van der Waals surface area (Å²) in [7, 11) is 1.74. The van der Waals surface area contributed by atoms with Crippen molar-refractivity contribution in [3.8, 4) is 0 Å². The van der Waals surface area contributed by atoms with Crippen LogP contribution < -0.4 is 5.32 Å². The minimum Gasteiger partial charge on any atom is -0.481 e. The number of amides is 1. The number of carboxylic acids is 1. The molecule has 0 bridgehead atoms. The molecule has 0 spiro atoms. The van der Waals surface area contributed by atoms with E-state index in [1.807, 2.05) is 6.92 Å². The molecule has 0 aliphatic carbocycles. The predicted molar refractivity (Wildman–Crippen MR) is 61.6 cm³/mol. The number of hydrogen-bond donors (Lipinski definition) is 2. The van der Waals surface area contributed by atoms with Gasteiger partial charge in [0.1, 0.15) is 0 Å². The third kappa shape index (κ3) is 4.67. The van der Waals surface area contributed by atoms with Gasteiger partial charge in [0.05, 0.1) is 11.8 Å². The summed E-state index contributed by atoms with van der Waals surface area (Å²) in [6.07, 6.45) is 3.82. The monoisotopic (exact) mass is 239 g/mol. The van der Waals surface area contributed by atoms with E-state index in [9.17, 15) is 9.59 Å². The first-order valence-electron chi connectivity index (χ1n) is 5.47. The van der Waals surface area contributed by atoms with Crippen LogP contribution in [0.2, 0.25) is 0 Å². The zero-order valence-electron chi connectivity index (χ0n) is 10.0. The van der Waals surface area contributed by atoms with Crippen LogP contribution in [-0.2, 0) is 11.8 Å². The molecule has 2 N–H and O–H groups in total. The Kier molecular flexibility index (Phi) is 4.68. The van der Waals surface area contributed by atoms with Gasteiger partial charge in [0.25, 0.3) is 5.91 Å². The van der Waals surface area contributed by atoms with Crippen molar-refractivity contribution in [1.82, 2.24) is 15.1 Å². The molecule has 0 aliphatic heterocycles. The Bertz CT molecular complexity index is 400. The summed E-state index contributed by atoms with van der Waals surface area (Å²) in [5, 5.41) is 15.2. The SMILES string of the molecule is CC(CCC(=O)O)CNC(=O)c1cnn(C)c1. The number of aromatic nitrogens is 2. The van der Waals surface area contributed by atoms with Crippen molar-refractivity contribution >= 4 is 11.9 Å². The van der Waals surface area contributed by atoms with Gasteiger partial charge >= 0.3 is 5.97 Å². The molecule has 1 unspecified atom stereocenters. The number of aryl methyl sites for hydroxylation is 1. The zero-order chi connectivity index (χ0) is 12.8. The van der Waals surface area contributed by atoms with Crippen LogP contribution in [0.5, 0.6) is 0 Å². The summed E-state index contributed by atoms with van der Waals surface area (Å²) in [6, 6.07) is 0. The number of carbonyl (C=O) groups is 2. The zero-order valence-corrected chi connectivity index (χ0v) is 10.0. The molecule has 0 radical (unpaired) electrons. The van der Waals surface area contributed by atoms with E-state index in [0.29, 0.717) is 18.5 Å². The van der Waals surface area contributed by atoms with Crippen molar-refractivity contribution in [3.05, 3.63) is 18.0 Å². The molecule has 1 amide bonds. The molecule has 6 nitrogen and oxygen atoms in total. The molecule has 0 saturated carbocycles. The van der Waals surface area contributed by atoms with Crippen LogP contribution in [0.15, 0.2) is 12.4 Å². The average Bonchev–Trinajstić information content (AvgIpc) is 2.70. The molecule has 0 aromatic carbocycles. The first-order chi connectivity index (χ1) is 7.99. The summed E-state index contributed by atoms with van der Waals surface area (Å²) in [5.41, 5.74) is 0.512. The summed E-state index contributed by atoms with van der Waals surface area (Å²) >= 11 is 0. The molecule has 1 aromatic rings. The molecule has 0 saturated heterocycles. The predicted octanol–water partition coefficient (Wildman–Crippen LogP) is 0.651. The van der Waals surface area contributed by atoms with Gasteiger partial charge in [-0.25, -0.2) is 0 Å². The average molecular weight is 239 g/mol. The van der Waals surface area contributed by atoms with E-state index < -0.39 is 5.97 Å². The van der Waals surface area contributed by atoms with Crippen molar-refractivity contribution < 1.29 is 14.7 Å². The lowest BCUT2D eigenvalue weighted by Crippen LogP contribution is -2.28. The highest BCUT2D eigenvalue weighted by Gasteiger charge is 2.10.